The maximum atomic E-state index is 16.4. The molecule has 30 nitrogen and oxygen atoms in total. The Bertz CT molecular complexity index is 4430. The van der Waals surface area contributed by atoms with E-state index in [0.29, 0.717) is 93.5 Å². The van der Waals surface area contributed by atoms with Crippen molar-refractivity contribution in [2.24, 2.45) is 11.8 Å². The van der Waals surface area contributed by atoms with E-state index in [9.17, 15) is 29.1 Å². The van der Waals surface area contributed by atoms with Crippen LogP contribution < -0.4 is 42.0 Å². The van der Waals surface area contributed by atoms with Gasteiger partial charge in [-0.25, -0.2) is 9.07 Å². The smallest absolute Gasteiger partial charge is 0.246 e. The lowest BCUT2D eigenvalue weighted by atomic mass is 9.87. The average Bonchev–Trinajstić information content (AvgIpc) is 1.64. The number of rotatable bonds is 15. The average molecular weight is 1590 g/mol. The number of carbonyl (C=O) groups excluding carboxylic acids is 11. The van der Waals surface area contributed by atoms with Gasteiger partial charge in [-0.05, 0) is 129 Å². The van der Waals surface area contributed by atoms with Crippen molar-refractivity contribution in [2.45, 2.75) is 178 Å². The third-order valence-corrected chi connectivity index (χ3v) is 22.1. The summed E-state index contributed by atoms with van der Waals surface area (Å²) in [6.45, 7) is 3.98. The fourth-order valence-electron chi connectivity index (χ4n) is 15.6. The Morgan fingerprint density at radius 2 is 1.47 bits per heavy atom. The van der Waals surface area contributed by atoms with E-state index in [0.717, 1.165) is 12.1 Å². The zero-order valence-corrected chi connectivity index (χ0v) is 66.9. The number of fused-ring (bicyclic) bond motifs is 16. The highest BCUT2D eigenvalue weighted by Gasteiger charge is 2.50. The van der Waals surface area contributed by atoms with Crippen LogP contribution in [0.25, 0.3) is 10.9 Å². The van der Waals surface area contributed by atoms with E-state index in [1.54, 1.807) is 83.2 Å². The van der Waals surface area contributed by atoms with Crippen LogP contribution in [0.2, 0.25) is 0 Å². The molecule has 0 aliphatic carbocycles. The highest BCUT2D eigenvalue weighted by atomic mass is 19.1. The largest absolute Gasteiger partial charge is 0.497 e. The summed E-state index contributed by atoms with van der Waals surface area (Å²) in [5, 5.41) is 41.6. The number of aliphatic hydroxyl groups excluding tert-OH is 1. The number of amides is 9. The lowest BCUT2D eigenvalue weighted by molar-refractivity contribution is -0.870. The maximum Gasteiger partial charge on any atom is 0.246 e. The number of carbonyl (C=O) groups is 11. The van der Waals surface area contributed by atoms with Crippen molar-refractivity contribution in [2.75, 3.05) is 94.0 Å². The molecular weight excluding hydrogens is 1480 g/mol. The number of nitrogens with zero attached hydrogens (tertiary/aromatic N) is 7. The molecule has 9 amide bonds. The SMILES string of the molecule is COc1ccc(C[C@@H]2NC(=O)[C@H]([C@@H](C)O)CC(=O)[C@@H]3[C@@H]4CCN3C(=O)[C@H]3CC(=O)[C@H](Cc5cccc(c5)CNC(=O)CO4)NC(=O)[C@@H](CNC(=O)CCOCCOCC[N+](C)(C)C)NC(=O)CCCCCC(=O)NC(Cn4cc(nn4)Cn4cc(c5cc(F)ccc54)C3)c3ccc(cc3)CCNC(=O)[C@]3(C)CCCN3C2=O)cc1.[CH3-]. The van der Waals surface area contributed by atoms with Crippen LogP contribution in [0.3, 0.4) is 0 Å². The molecule has 0 saturated carbocycles. The van der Waals surface area contributed by atoms with Gasteiger partial charge in [0.25, 0.3) is 0 Å². The molecule has 14 bridgehead atoms. The van der Waals surface area contributed by atoms with Crippen molar-refractivity contribution in [3.8, 4) is 5.75 Å². The lowest BCUT2D eigenvalue weighted by Crippen LogP contribution is -2.60. The van der Waals surface area contributed by atoms with Crippen molar-refractivity contribution in [3.63, 3.8) is 0 Å². The number of aliphatic hydroxyl groups is 1. The van der Waals surface area contributed by atoms with Gasteiger partial charge in [-0.1, -0.05) is 72.3 Å². The number of Topliss-reactive ketones (excluding diaryl/α,β-unsaturated/α-hetero) is 2. The van der Waals surface area contributed by atoms with E-state index in [-0.39, 0.29) is 124 Å². The summed E-state index contributed by atoms with van der Waals surface area (Å²) < 4.78 is 43.3. The minimum Gasteiger partial charge on any atom is -0.497 e. The topological polar surface area (TPSA) is 371 Å². The number of quaternary nitrogens is 1. The number of ether oxygens (including phenoxy) is 4. The third kappa shape index (κ3) is 23.7. The zero-order chi connectivity index (χ0) is 81.2. The van der Waals surface area contributed by atoms with E-state index in [1.165, 1.54) is 36.0 Å². The predicted octanol–water partition coefficient (Wildman–Crippen LogP) is 3.63. The van der Waals surface area contributed by atoms with E-state index in [2.05, 4.69) is 47.5 Å². The Balaban J connectivity index is 0.0000140. The molecular formula is C84H111FN14O16. The van der Waals surface area contributed by atoms with Crippen molar-refractivity contribution in [1.29, 1.82) is 0 Å². The van der Waals surface area contributed by atoms with Gasteiger partial charge in [0.15, 0.2) is 11.6 Å². The van der Waals surface area contributed by atoms with E-state index < -0.39 is 150 Å². The normalized spacial score (nSPS) is 24.1. The summed E-state index contributed by atoms with van der Waals surface area (Å²) in [6, 6.07) is 18.8. The number of benzene rings is 4. The summed E-state index contributed by atoms with van der Waals surface area (Å²) >= 11 is 0. The fraction of sp³-hybridized carbons (Fsp3) is 0.524. The summed E-state index contributed by atoms with van der Waals surface area (Å²) in [7, 11) is 7.65. The Hall–Kier alpha value is -10.3. The first kappa shape index (κ1) is 87.1. The zero-order valence-electron chi connectivity index (χ0n) is 66.9. The maximum absolute atomic E-state index is 16.4. The summed E-state index contributed by atoms with van der Waals surface area (Å²) in [4.78, 5) is 167. The highest BCUT2D eigenvalue weighted by molar-refractivity contribution is 5.99. The lowest BCUT2D eigenvalue weighted by Gasteiger charge is -2.37. The van der Waals surface area contributed by atoms with Gasteiger partial charge in [-0.3, -0.25) is 52.7 Å². The van der Waals surface area contributed by atoms with Crippen molar-refractivity contribution < 1.29 is 85.7 Å². The second-order valence-electron chi connectivity index (χ2n) is 31.8. The van der Waals surface area contributed by atoms with Gasteiger partial charge in [-0.2, -0.15) is 0 Å². The van der Waals surface area contributed by atoms with Crippen molar-refractivity contribution in [3.05, 3.63) is 156 Å². The Labute approximate surface area is 669 Å². The molecule has 10 atom stereocenters. The van der Waals surface area contributed by atoms with Crippen LogP contribution in [0.15, 0.2) is 103 Å². The summed E-state index contributed by atoms with van der Waals surface area (Å²) in [5.74, 6) is -10.2. The standard InChI is InChI=1S/C83H107FN14O16.CH3/c1-52(99)63-44-71(101)77-72-27-32-96(77)80(108)58-41-59-47-94(69-25-22-60(84)43-64(59)69)48-61-49-95(93-92-61)50-68(57-20-16-53(17-21-57)26-30-85-82(110)83(2)29-11-31-97(83)81(109)66(91-78(63)106)39-54-18-23-62(111-6)24-19-54)89-75(104)15-9-7-8-14-74(103)88-67(46-87-73(102)28-34-112-36-37-113-35-33-98(3,4)5)79(107)90-65(70(100)42-58)40-55-12-10-13-56(38-55)45-86-76(105)51-114-72;/h10,12-13,16-25,38,43,47,49,52,58,63,65-68,72,77,99H,7-9,11,14-15,26-37,39-42,44-46,48,50-51H2,1-6H3,(H6-,85,86,87,88,89,90,91,102,103,104,105,106,107,110);1H3/q;-1/p+1/t52-,58-,63+,65+,66+,67-,68?,72+,77-,83+;/m1./s1. The number of halogens is 1. The number of hydrogen-bond acceptors (Lipinski definition) is 18. The molecule has 0 radical (unpaired) electrons. The third-order valence-electron chi connectivity index (χ3n) is 22.1. The van der Waals surface area contributed by atoms with Gasteiger partial charge < -0.3 is 87.5 Å². The molecule has 2 fully saturated rings. The monoisotopic (exact) mass is 1590 g/mol. The Morgan fingerprint density at radius 3 is 2.21 bits per heavy atom. The molecule has 8 heterocycles. The van der Waals surface area contributed by atoms with Crippen molar-refractivity contribution >= 4 is 75.6 Å². The van der Waals surface area contributed by atoms with Gasteiger partial charge in [0.1, 0.15) is 54.1 Å². The quantitative estimate of drug-likeness (QED) is 0.0413. The number of hydrogen-bond donors (Lipinski definition) is 8. The van der Waals surface area contributed by atoms with E-state index in [4.69, 9.17) is 18.9 Å². The molecule has 6 aromatic rings. The number of ketones is 2. The molecule has 8 N–H and O–H groups in total. The van der Waals surface area contributed by atoms with Crippen LogP contribution in [-0.4, -0.2) is 240 Å². The highest BCUT2D eigenvalue weighted by Crippen LogP contribution is 2.35. The first-order chi connectivity index (χ1) is 54.7. The molecule has 12 rings (SSSR count). The Morgan fingerprint density at radius 1 is 0.730 bits per heavy atom. The van der Waals surface area contributed by atoms with Crippen LogP contribution in [0.1, 0.15) is 130 Å². The fourth-order valence-corrected chi connectivity index (χ4v) is 15.6. The first-order valence-corrected chi connectivity index (χ1v) is 39.6. The summed E-state index contributed by atoms with van der Waals surface area (Å²) in [6.07, 6.45) is 0.584. The predicted molar refractivity (Wildman–Crippen MR) is 422 cm³/mol. The van der Waals surface area contributed by atoms with Crippen LogP contribution in [0, 0.1) is 25.1 Å². The molecule has 6 aliphatic rings. The van der Waals surface area contributed by atoms with Gasteiger partial charge in [0.2, 0.25) is 53.2 Å². The number of likely N-dealkylation sites (N-methyl/N-ethyl adjacent to an activating group) is 1. The van der Waals surface area contributed by atoms with Crippen LogP contribution in [0.4, 0.5) is 4.39 Å². The first-order valence-electron chi connectivity index (χ1n) is 39.6. The van der Waals surface area contributed by atoms with Crippen LogP contribution in [0.5, 0.6) is 5.75 Å². The van der Waals surface area contributed by atoms with E-state index in [1.807, 2.05) is 45.4 Å². The number of aromatic nitrogens is 4. The minimum atomic E-state index is -1.60. The Kier molecular flexibility index (Phi) is 30.5. The van der Waals surface area contributed by atoms with Crippen LogP contribution >= 0.6 is 0 Å². The van der Waals surface area contributed by atoms with Crippen LogP contribution in [-0.2, 0) is 112 Å². The molecule has 2 saturated heterocycles. The van der Waals surface area contributed by atoms with Gasteiger partial charge in [-0.15, -0.1) is 5.10 Å². The molecule has 620 valence electrons. The van der Waals surface area contributed by atoms with E-state index >= 15 is 33.2 Å². The molecule has 6 aliphatic heterocycles. The second kappa shape index (κ2) is 40.3. The molecule has 115 heavy (non-hydrogen) atoms. The minimum absolute atomic E-state index is 0. The number of methoxy groups -OCH3 is 1. The molecule has 1 unspecified atom stereocenters. The van der Waals surface area contributed by atoms with Gasteiger partial charge in [0, 0.05) is 94.3 Å². The van der Waals surface area contributed by atoms with Crippen molar-refractivity contribution in [1.82, 2.24) is 66.6 Å². The molecule has 31 heteroatoms. The molecule has 0 spiro atoms. The number of nitrogens with one attached hydrogen (secondary N) is 7. The second-order valence-corrected chi connectivity index (χ2v) is 31.8. The molecule has 4 aromatic carbocycles. The van der Waals surface area contributed by atoms with Gasteiger partial charge in [0.05, 0.1) is 104 Å². The van der Waals surface area contributed by atoms with Gasteiger partial charge >= 0.3 is 0 Å². The molecule has 2 aromatic heterocycles. The summed E-state index contributed by atoms with van der Waals surface area (Å²) in [5.41, 5.74) is 3.16.